The highest BCUT2D eigenvalue weighted by molar-refractivity contribution is 7.80. The summed E-state index contributed by atoms with van der Waals surface area (Å²) < 4.78 is 9.52. The van der Waals surface area contributed by atoms with Crippen LogP contribution >= 0.6 is 12.2 Å². The number of rotatable bonds is 4. The summed E-state index contributed by atoms with van der Waals surface area (Å²) in [5.41, 5.74) is 8.14. The number of carbonyl (C=O) groups is 1. The third-order valence-electron chi connectivity index (χ3n) is 2.39. The first-order valence-corrected chi connectivity index (χ1v) is 5.53. The number of esters is 1. The molecule has 1 aromatic carbocycles. The number of nitrogen functional groups attached to an aromatic ring is 1. The quantitative estimate of drug-likeness (QED) is 0.502. The summed E-state index contributed by atoms with van der Waals surface area (Å²) in [6.45, 7) is 0. The fraction of sp³-hybridized carbons (Fsp3) is 0.333. The maximum Gasteiger partial charge on any atom is 0.305 e. The van der Waals surface area contributed by atoms with E-state index in [1.807, 2.05) is 12.1 Å². The molecule has 0 unspecified atom stereocenters. The molecule has 0 spiro atoms. The third-order valence-corrected chi connectivity index (χ3v) is 2.80. The van der Waals surface area contributed by atoms with Crippen molar-refractivity contribution >= 4 is 28.9 Å². The molecule has 0 aliphatic carbocycles. The van der Waals surface area contributed by atoms with Crippen molar-refractivity contribution in [3.05, 3.63) is 29.3 Å². The van der Waals surface area contributed by atoms with Gasteiger partial charge in [0.2, 0.25) is 0 Å². The summed E-state index contributed by atoms with van der Waals surface area (Å²) in [7, 11) is 2.88. The maximum absolute atomic E-state index is 11.0. The van der Waals surface area contributed by atoms with Gasteiger partial charge in [0.05, 0.1) is 14.2 Å². The van der Waals surface area contributed by atoms with E-state index in [2.05, 4.69) is 4.74 Å². The fourth-order valence-electron chi connectivity index (χ4n) is 1.41. The molecule has 5 heteroatoms. The predicted molar refractivity (Wildman–Crippen MR) is 69.9 cm³/mol. The van der Waals surface area contributed by atoms with E-state index in [0.717, 1.165) is 11.1 Å². The Labute approximate surface area is 106 Å². The molecule has 1 rings (SSSR count). The van der Waals surface area contributed by atoms with Gasteiger partial charge in [-0.2, -0.15) is 0 Å². The van der Waals surface area contributed by atoms with Crippen LogP contribution in [0.4, 0.5) is 5.69 Å². The van der Waals surface area contributed by atoms with Crippen LogP contribution in [0.1, 0.15) is 17.5 Å². The lowest BCUT2D eigenvalue weighted by Gasteiger charge is -2.08. The highest BCUT2D eigenvalue weighted by Crippen LogP contribution is 2.17. The summed E-state index contributed by atoms with van der Waals surface area (Å²) >= 11 is 5.00. The van der Waals surface area contributed by atoms with Gasteiger partial charge < -0.3 is 15.2 Å². The standard InChI is InChI=1S/C12H15NO3S/c1-15-11(14)6-5-8-3-4-9(7-10(8)13)12(17)16-2/h3-4,7H,5-6,13H2,1-2H3. The Morgan fingerprint density at radius 1 is 1.35 bits per heavy atom. The molecule has 17 heavy (non-hydrogen) atoms. The van der Waals surface area contributed by atoms with Crippen molar-refractivity contribution in [3.8, 4) is 0 Å². The van der Waals surface area contributed by atoms with Crippen LogP contribution in [-0.2, 0) is 20.7 Å². The highest BCUT2D eigenvalue weighted by atomic mass is 32.1. The molecule has 0 aliphatic rings. The van der Waals surface area contributed by atoms with E-state index in [9.17, 15) is 4.79 Å². The Bertz CT molecular complexity index is 432. The molecule has 0 radical (unpaired) electrons. The zero-order valence-electron chi connectivity index (χ0n) is 9.86. The minimum atomic E-state index is -0.249. The Kier molecular flexibility index (Phi) is 4.90. The lowest BCUT2D eigenvalue weighted by Crippen LogP contribution is -2.05. The molecular weight excluding hydrogens is 238 g/mol. The Balaban J connectivity index is 2.76. The first-order chi connectivity index (χ1) is 8.08. The van der Waals surface area contributed by atoms with Gasteiger partial charge in [-0.15, -0.1) is 0 Å². The number of nitrogens with two attached hydrogens (primary N) is 1. The van der Waals surface area contributed by atoms with Crippen LogP contribution < -0.4 is 5.73 Å². The molecule has 0 saturated heterocycles. The van der Waals surface area contributed by atoms with Crippen molar-refractivity contribution in [1.82, 2.24) is 0 Å². The number of aryl methyl sites for hydroxylation is 1. The van der Waals surface area contributed by atoms with E-state index in [1.54, 1.807) is 6.07 Å². The predicted octanol–water partition coefficient (Wildman–Crippen LogP) is 1.70. The van der Waals surface area contributed by atoms with E-state index >= 15 is 0 Å². The largest absolute Gasteiger partial charge is 0.486 e. The van der Waals surface area contributed by atoms with Crippen molar-refractivity contribution in [2.45, 2.75) is 12.8 Å². The van der Waals surface area contributed by atoms with Crippen LogP contribution in [0.5, 0.6) is 0 Å². The second kappa shape index (κ2) is 6.20. The molecule has 92 valence electrons. The van der Waals surface area contributed by atoms with Gasteiger partial charge in [-0.25, -0.2) is 0 Å². The smallest absolute Gasteiger partial charge is 0.305 e. The molecule has 0 atom stereocenters. The second-order valence-corrected chi connectivity index (χ2v) is 3.85. The minimum Gasteiger partial charge on any atom is -0.486 e. The molecule has 0 bridgehead atoms. The highest BCUT2D eigenvalue weighted by Gasteiger charge is 2.07. The molecule has 0 aromatic heterocycles. The van der Waals surface area contributed by atoms with Gasteiger partial charge in [-0.3, -0.25) is 4.79 Å². The van der Waals surface area contributed by atoms with E-state index in [1.165, 1.54) is 14.2 Å². The number of anilines is 1. The molecule has 0 saturated carbocycles. The van der Waals surface area contributed by atoms with Crippen molar-refractivity contribution in [1.29, 1.82) is 0 Å². The second-order valence-electron chi connectivity index (χ2n) is 3.48. The number of methoxy groups -OCH3 is 2. The molecular formula is C12H15NO3S. The molecule has 2 N–H and O–H groups in total. The van der Waals surface area contributed by atoms with Crippen molar-refractivity contribution in [2.24, 2.45) is 0 Å². The average molecular weight is 253 g/mol. The summed E-state index contributed by atoms with van der Waals surface area (Å²) in [6.07, 6.45) is 0.868. The van der Waals surface area contributed by atoms with Crippen LogP contribution in [0.25, 0.3) is 0 Å². The Hall–Kier alpha value is -1.62. The normalized spacial score (nSPS) is 9.76. The minimum absolute atomic E-state index is 0.249. The lowest BCUT2D eigenvalue weighted by atomic mass is 10.1. The number of thiocarbonyl (C=S) groups is 1. The molecule has 0 amide bonds. The van der Waals surface area contributed by atoms with Crippen LogP contribution in [-0.4, -0.2) is 25.2 Å². The van der Waals surface area contributed by atoms with Crippen LogP contribution in [0.15, 0.2) is 18.2 Å². The topological polar surface area (TPSA) is 61.5 Å². The average Bonchev–Trinajstić information content (AvgIpc) is 2.35. The van der Waals surface area contributed by atoms with Gasteiger partial charge >= 0.3 is 5.97 Å². The first kappa shape index (κ1) is 13.4. The Morgan fingerprint density at radius 2 is 2.06 bits per heavy atom. The van der Waals surface area contributed by atoms with Gasteiger partial charge in [0.15, 0.2) is 5.05 Å². The van der Waals surface area contributed by atoms with Crippen LogP contribution in [0.2, 0.25) is 0 Å². The SMILES string of the molecule is COC(=O)CCc1ccc(C(=S)OC)cc1N. The van der Waals surface area contributed by atoms with E-state index < -0.39 is 0 Å². The number of carbonyl (C=O) groups excluding carboxylic acids is 1. The molecule has 1 aromatic rings. The van der Waals surface area contributed by atoms with E-state index in [0.29, 0.717) is 23.6 Å². The van der Waals surface area contributed by atoms with Gasteiger partial charge in [0.1, 0.15) is 0 Å². The molecule has 0 fully saturated rings. The molecule has 0 aliphatic heterocycles. The number of hydrogen-bond acceptors (Lipinski definition) is 5. The van der Waals surface area contributed by atoms with Crippen molar-refractivity contribution in [2.75, 3.05) is 20.0 Å². The van der Waals surface area contributed by atoms with Gasteiger partial charge in [-0.05, 0) is 36.3 Å². The summed E-state index contributed by atoms with van der Waals surface area (Å²) in [5.74, 6) is -0.249. The molecule has 0 heterocycles. The van der Waals surface area contributed by atoms with Crippen LogP contribution in [0.3, 0.4) is 0 Å². The van der Waals surface area contributed by atoms with Crippen molar-refractivity contribution < 1.29 is 14.3 Å². The number of hydrogen-bond donors (Lipinski definition) is 1. The van der Waals surface area contributed by atoms with Gasteiger partial charge in [0.25, 0.3) is 0 Å². The Morgan fingerprint density at radius 3 is 2.59 bits per heavy atom. The van der Waals surface area contributed by atoms with E-state index in [4.69, 9.17) is 22.7 Å². The first-order valence-electron chi connectivity index (χ1n) is 5.12. The zero-order chi connectivity index (χ0) is 12.8. The third kappa shape index (κ3) is 3.71. The monoisotopic (exact) mass is 253 g/mol. The lowest BCUT2D eigenvalue weighted by molar-refractivity contribution is -0.140. The number of ether oxygens (including phenoxy) is 2. The van der Waals surface area contributed by atoms with Gasteiger partial charge in [-0.1, -0.05) is 6.07 Å². The summed E-state index contributed by atoms with van der Waals surface area (Å²) in [4.78, 5) is 11.0. The fourth-order valence-corrected chi connectivity index (χ4v) is 1.53. The zero-order valence-corrected chi connectivity index (χ0v) is 10.7. The summed E-state index contributed by atoms with van der Waals surface area (Å²) in [5, 5.41) is 0.399. The van der Waals surface area contributed by atoms with Gasteiger partial charge in [0, 0.05) is 17.7 Å². The molecule has 4 nitrogen and oxygen atoms in total. The maximum atomic E-state index is 11.0. The van der Waals surface area contributed by atoms with E-state index in [-0.39, 0.29) is 5.97 Å². The van der Waals surface area contributed by atoms with Crippen molar-refractivity contribution in [3.63, 3.8) is 0 Å². The van der Waals surface area contributed by atoms with Crippen LogP contribution in [0, 0.1) is 0 Å². The summed E-state index contributed by atoms with van der Waals surface area (Å²) in [6, 6.07) is 5.42. The number of benzene rings is 1.